The third-order valence-corrected chi connectivity index (χ3v) is 6.23. The van der Waals surface area contributed by atoms with Gasteiger partial charge in [-0.2, -0.15) is 0 Å². The van der Waals surface area contributed by atoms with Crippen LogP contribution in [0.1, 0.15) is 39.3 Å². The molecule has 1 unspecified atom stereocenters. The van der Waals surface area contributed by atoms with E-state index in [4.69, 9.17) is 9.47 Å². The summed E-state index contributed by atoms with van der Waals surface area (Å²) in [5.74, 6) is 0.708. The number of sulfone groups is 1. The zero-order valence-electron chi connectivity index (χ0n) is 19.1. The number of carbonyl (C=O) groups excluding carboxylic acids is 1. The largest absolute Gasteiger partial charge is 0.447 e. The Bertz CT molecular complexity index is 1010. The highest BCUT2D eigenvalue weighted by molar-refractivity contribution is 7.90. The lowest BCUT2D eigenvalue weighted by Gasteiger charge is -2.34. The molecule has 0 aliphatic carbocycles. The summed E-state index contributed by atoms with van der Waals surface area (Å²) in [6.45, 7) is 8.49. The number of anilines is 1. The van der Waals surface area contributed by atoms with E-state index in [1.54, 1.807) is 24.2 Å². The van der Waals surface area contributed by atoms with Crippen LogP contribution >= 0.6 is 0 Å². The molecule has 1 fully saturated rings. The van der Waals surface area contributed by atoms with Gasteiger partial charge >= 0.3 is 6.09 Å². The highest BCUT2D eigenvalue weighted by Gasteiger charge is 2.28. The molecule has 3 heterocycles. The molecule has 0 aromatic carbocycles. The van der Waals surface area contributed by atoms with Crippen LogP contribution in [-0.2, 0) is 19.3 Å². The minimum absolute atomic E-state index is 0.0213. The molecule has 2 aliphatic rings. The van der Waals surface area contributed by atoms with Crippen LogP contribution in [0.4, 0.5) is 10.5 Å². The summed E-state index contributed by atoms with van der Waals surface area (Å²) in [6, 6.07) is 3.16. The van der Waals surface area contributed by atoms with E-state index >= 15 is 0 Å². The Hall–Kier alpha value is -2.66. The van der Waals surface area contributed by atoms with Crippen molar-refractivity contribution in [3.05, 3.63) is 29.2 Å². The van der Waals surface area contributed by atoms with E-state index in [2.05, 4.69) is 20.6 Å². The Morgan fingerprint density at radius 2 is 1.94 bits per heavy atom. The molecular weight excluding hydrogens is 434 g/mol. The molecule has 1 saturated heterocycles. The lowest BCUT2D eigenvalue weighted by atomic mass is 10.1. The number of carbonyl (C=O) groups is 1. The van der Waals surface area contributed by atoms with Crippen molar-refractivity contribution in [3.63, 3.8) is 0 Å². The second kappa shape index (κ2) is 9.86. The van der Waals surface area contributed by atoms with E-state index in [0.29, 0.717) is 43.1 Å². The molecule has 1 aromatic rings. The molecular formula is C21H31N5O5S. The molecule has 1 aromatic heterocycles. The van der Waals surface area contributed by atoms with Gasteiger partial charge in [-0.25, -0.2) is 23.2 Å². The molecule has 3 rings (SSSR count). The summed E-state index contributed by atoms with van der Waals surface area (Å²) in [7, 11) is -3.37. The van der Waals surface area contributed by atoms with Crippen LogP contribution in [0, 0.1) is 6.92 Å². The minimum atomic E-state index is -3.37. The van der Waals surface area contributed by atoms with Gasteiger partial charge in [0.15, 0.2) is 21.1 Å². The lowest BCUT2D eigenvalue weighted by Crippen LogP contribution is -2.43. The summed E-state index contributed by atoms with van der Waals surface area (Å²) in [5, 5.41) is 6.37. The number of likely N-dealkylation sites (tertiary alicyclic amines) is 1. The maximum absolute atomic E-state index is 12.1. The number of aromatic nitrogens is 1. The first-order valence-corrected chi connectivity index (χ1v) is 12.5. The number of ether oxygens (including phenoxy) is 2. The highest BCUT2D eigenvalue weighted by atomic mass is 32.2. The van der Waals surface area contributed by atoms with E-state index < -0.39 is 16.1 Å². The van der Waals surface area contributed by atoms with Crippen molar-refractivity contribution in [2.75, 3.05) is 24.7 Å². The van der Waals surface area contributed by atoms with Crippen molar-refractivity contribution in [1.82, 2.24) is 15.2 Å². The third-order valence-electron chi connectivity index (χ3n) is 5.24. The Labute approximate surface area is 189 Å². The van der Waals surface area contributed by atoms with Gasteiger partial charge in [0.05, 0.1) is 29.9 Å². The molecule has 32 heavy (non-hydrogen) atoms. The number of nitrogens with one attached hydrogen (secondary N) is 2. The van der Waals surface area contributed by atoms with Crippen LogP contribution in [0.2, 0.25) is 0 Å². The average molecular weight is 466 g/mol. The summed E-state index contributed by atoms with van der Waals surface area (Å²) < 4.78 is 34.9. The SMILES string of the molecule is CC1=C(Nc2ccc(S(C)(=O)=O)nc2C)NC=NC1OC1CCN(C(=O)OC(C)C)CC1. The highest BCUT2D eigenvalue weighted by Crippen LogP contribution is 2.24. The van der Waals surface area contributed by atoms with E-state index in [-0.39, 0.29) is 23.3 Å². The van der Waals surface area contributed by atoms with Crippen LogP contribution in [0.5, 0.6) is 0 Å². The number of amides is 1. The van der Waals surface area contributed by atoms with Crippen molar-refractivity contribution in [2.45, 2.75) is 64.0 Å². The smallest absolute Gasteiger partial charge is 0.410 e. The first-order chi connectivity index (χ1) is 15.0. The molecule has 10 nitrogen and oxygen atoms in total. The second-order valence-corrected chi connectivity index (χ2v) is 10.2. The molecule has 0 radical (unpaired) electrons. The van der Waals surface area contributed by atoms with Crippen molar-refractivity contribution >= 4 is 28.0 Å². The van der Waals surface area contributed by atoms with Crippen LogP contribution < -0.4 is 10.6 Å². The summed E-state index contributed by atoms with van der Waals surface area (Å²) in [6.07, 6.45) is 3.22. The Kier molecular flexibility index (Phi) is 7.40. The number of aliphatic imine (C=N–C) groups is 1. The van der Waals surface area contributed by atoms with Gasteiger partial charge in [-0.3, -0.25) is 0 Å². The second-order valence-electron chi connectivity index (χ2n) is 8.27. The predicted molar refractivity (Wildman–Crippen MR) is 121 cm³/mol. The number of aryl methyl sites for hydroxylation is 1. The maximum atomic E-state index is 12.1. The lowest BCUT2D eigenvalue weighted by molar-refractivity contribution is -0.0255. The number of hydrogen-bond acceptors (Lipinski definition) is 9. The fourth-order valence-corrected chi connectivity index (χ4v) is 4.05. The quantitative estimate of drug-likeness (QED) is 0.657. The normalized spacial score (nSPS) is 19.8. The van der Waals surface area contributed by atoms with E-state index in [1.807, 2.05) is 20.8 Å². The average Bonchev–Trinajstić information content (AvgIpc) is 2.71. The van der Waals surface area contributed by atoms with Gasteiger partial charge in [-0.05, 0) is 52.7 Å². The Morgan fingerprint density at radius 1 is 1.25 bits per heavy atom. The summed E-state index contributed by atoms with van der Waals surface area (Å²) in [5.41, 5.74) is 2.11. The summed E-state index contributed by atoms with van der Waals surface area (Å²) >= 11 is 0. The minimum Gasteiger partial charge on any atom is -0.447 e. The van der Waals surface area contributed by atoms with E-state index in [1.165, 1.54) is 6.07 Å². The molecule has 2 N–H and O–H groups in total. The first-order valence-electron chi connectivity index (χ1n) is 10.6. The number of piperidine rings is 1. The van der Waals surface area contributed by atoms with Gasteiger partial charge in [0.25, 0.3) is 0 Å². The molecule has 0 spiro atoms. The predicted octanol–water partition coefficient (Wildman–Crippen LogP) is 2.42. The summed E-state index contributed by atoms with van der Waals surface area (Å²) in [4.78, 5) is 22.3. The van der Waals surface area contributed by atoms with Gasteiger partial charge in [0.1, 0.15) is 5.82 Å². The maximum Gasteiger partial charge on any atom is 0.410 e. The fourth-order valence-electron chi connectivity index (χ4n) is 3.43. The van der Waals surface area contributed by atoms with Crippen LogP contribution in [-0.4, -0.2) is 68.5 Å². The van der Waals surface area contributed by atoms with Crippen LogP contribution in [0.15, 0.2) is 33.5 Å². The van der Waals surface area contributed by atoms with Crippen molar-refractivity contribution in [1.29, 1.82) is 0 Å². The van der Waals surface area contributed by atoms with Crippen LogP contribution in [0.3, 0.4) is 0 Å². The van der Waals surface area contributed by atoms with Crippen molar-refractivity contribution < 1.29 is 22.7 Å². The van der Waals surface area contributed by atoms with Gasteiger partial charge in [0.2, 0.25) is 0 Å². The topological polar surface area (TPSA) is 122 Å². The standard InChI is InChI=1S/C21H31N5O5S/c1-13(2)30-21(27)26-10-8-16(9-11-26)31-20-14(3)19(22-12-23-20)25-17-6-7-18(24-15(17)4)32(5,28)29/h6-7,12-13,16,20,25H,8-11H2,1-5H3,(H,22,23). The van der Waals surface area contributed by atoms with Crippen LogP contribution in [0.25, 0.3) is 0 Å². The zero-order valence-corrected chi connectivity index (χ0v) is 19.9. The molecule has 1 amide bonds. The number of pyridine rings is 1. The molecule has 176 valence electrons. The number of nitrogens with zero attached hydrogens (tertiary/aromatic N) is 3. The van der Waals surface area contributed by atoms with Gasteiger partial charge in [0, 0.05) is 24.9 Å². The Morgan fingerprint density at radius 3 is 2.53 bits per heavy atom. The molecule has 11 heteroatoms. The molecule has 1 atom stereocenters. The molecule has 2 aliphatic heterocycles. The van der Waals surface area contributed by atoms with E-state index in [0.717, 1.165) is 11.8 Å². The first kappa shape index (κ1) is 24.0. The van der Waals surface area contributed by atoms with Gasteiger partial charge in [-0.1, -0.05) is 0 Å². The monoisotopic (exact) mass is 465 g/mol. The van der Waals surface area contributed by atoms with Crippen molar-refractivity contribution in [2.24, 2.45) is 4.99 Å². The van der Waals surface area contributed by atoms with Crippen molar-refractivity contribution in [3.8, 4) is 0 Å². The molecule has 0 bridgehead atoms. The van der Waals surface area contributed by atoms with E-state index in [9.17, 15) is 13.2 Å². The third kappa shape index (κ3) is 5.98. The fraction of sp³-hybridized carbons (Fsp3) is 0.571. The zero-order chi connectivity index (χ0) is 23.5. The number of hydrogen-bond donors (Lipinski definition) is 2. The molecule has 0 saturated carbocycles. The van der Waals surface area contributed by atoms with Gasteiger partial charge in [-0.15, -0.1) is 0 Å². The number of rotatable bonds is 6. The van der Waals surface area contributed by atoms with Gasteiger partial charge < -0.3 is 25.0 Å². The Balaban J connectivity index is 1.62.